The van der Waals surface area contributed by atoms with Crippen LogP contribution >= 0.6 is 15.9 Å². The number of hydrogen-bond acceptors (Lipinski definition) is 3. The molecule has 0 spiro atoms. The molecule has 0 aliphatic rings. The molecule has 5 heteroatoms. The Morgan fingerprint density at radius 1 is 1.29 bits per heavy atom. The summed E-state index contributed by atoms with van der Waals surface area (Å²) in [4.78, 5) is 14.3. The van der Waals surface area contributed by atoms with E-state index in [4.69, 9.17) is 5.73 Å². The van der Waals surface area contributed by atoms with Gasteiger partial charge in [0, 0.05) is 16.6 Å². The highest BCUT2D eigenvalue weighted by atomic mass is 79.9. The van der Waals surface area contributed by atoms with E-state index in [0.29, 0.717) is 16.9 Å². The highest BCUT2D eigenvalue weighted by Gasteiger charge is 2.20. The Hall–Kier alpha value is -1.85. The molecule has 0 saturated carbocycles. The number of anilines is 2. The Bertz CT molecular complexity index is 658. The van der Waals surface area contributed by atoms with Crippen LogP contribution in [0.25, 0.3) is 0 Å². The van der Waals surface area contributed by atoms with Crippen molar-refractivity contribution in [2.45, 2.75) is 6.92 Å². The molecule has 3 N–H and O–H groups in total. The quantitative estimate of drug-likeness (QED) is 0.834. The first kappa shape index (κ1) is 15.5. The largest absolute Gasteiger partial charge is 0.397 e. The van der Waals surface area contributed by atoms with Crippen molar-refractivity contribution < 1.29 is 9.90 Å². The number of rotatable bonds is 4. The Kier molecular flexibility index (Phi) is 4.98. The summed E-state index contributed by atoms with van der Waals surface area (Å²) in [6.45, 7) is 1.94. The molecule has 0 unspecified atom stereocenters. The molecule has 2 rings (SSSR count). The van der Waals surface area contributed by atoms with E-state index in [2.05, 4.69) is 15.9 Å². The first-order chi connectivity index (χ1) is 10.0. The third kappa shape index (κ3) is 3.43. The van der Waals surface area contributed by atoms with Crippen LogP contribution in [0, 0.1) is 6.92 Å². The van der Waals surface area contributed by atoms with Gasteiger partial charge < -0.3 is 15.7 Å². The Labute approximate surface area is 132 Å². The van der Waals surface area contributed by atoms with E-state index in [0.717, 1.165) is 10.0 Å². The van der Waals surface area contributed by atoms with Crippen LogP contribution in [0.5, 0.6) is 0 Å². The molecule has 0 aliphatic heterocycles. The van der Waals surface area contributed by atoms with E-state index in [-0.39, 0.29) is 19.1 Å². The fraction of sp³-hybridized carbons (Fsp3) is 0.188. The number of aryl methyl sites for hydroxylation is 1. The average molecular weight is 349 g/mol. The molecule has 0 heterocycles. The number of halogens is 1. The number of carbonyl (C=O) groups excluding carboxylic acids is 1. The monoisotopic (exact) mass is 348 g/mol. The van der Waals surface area contributed by atoms with Crippen LogP contribution in [0.3, 0.4) is 0 Å². The SMILES string of the molecule is Cc1ccc(Br)cc1C(=O)N(CCO)c1ccccc1N. The van der Waals surface area contributed by atoms with Crippen LogP contribution in [0.4, 0.5) is 11.4 Å². The number of carbonyl (C=O) groups is 1. The lowest BCUT2D eigenvalue weighted by atomic mass is 10.1. The number of hydrogen-bond donors (Lipinski definition) is 2. The summed E-state index contributed by atoms with van der Waals surface area (Å²) in [5.41, 5.74) is 8.52. The highest BCUT2D eigenvalue weighted by Crippen LogP contribution is 2.26. The van der Waals surface area contributed by atoms with E-state index < -0.39 is 0 Å². The van der Waals surface area contributed by atoms with Crippen molar-refractivity contribution in [2.24, 2.45) is 0 Å². The second kappa shape index (κ2) is 6.74. The predicted octanol–water partition coefficient (Wildman–Crippen LogP) is 2.98. The summed E-state index contributed by atoms with van der Waals surface area (Å²) < 4.78 is 0.835. The Balaban J connectivity index is 2.45. The van der Waals surface area contributed by atoms with Crippen LogP contribution in [0.2, 0.25) is 0 Å². The minimum atomic E-state index is -0.180. The number of aliphatic hydroxyl groups is 1. The summed E-state index contributed by atoms with van der Waals surface area (Å²) in [5, 5.41) is 9.26. The summed E-state index contributed by atoms with van der Waals surface area (Å²) in [7, 11) is 0. The summed E-state index contributed by atoms with van der Waals surface area (Å²) >= 11 is 3.38. The van der Waals surface area contributed by atoms with Crippen molar-refractivity contribution in [1.29, 1.82) is 0 Å². The molecule has 1 amide bonds. The van der Waals surface area contributed by atoms with Gasteiger partial charge in [0.2, 0.25) is 0 Å². The molecule has 0 aliphatic carbocycles. The zero-order chi connectivity index (χ0) is 15.4. The van der Waals surface area contributed by atoms with Crippen molar-refractivity contribution >= 4 is 33.2 Å². The molecule has 0 radical (unpaired) electrons. The lowest BCUT2D eigenvalue weighted by Crippen LogP contribution is -2.34. The van der Waals surface area contributed by atoms with E-state index in [1.165, 1.54) is 4.90 Å². The maximum atomic E-state index is 12.8. The van der Waals surface area contributed by atoms with Gasteiger partial charge in [-0.3, -0.25) is 4.79 Å². The average Bonchev–Trinajstić information content (AvgIpc) is 2.47. The van der Waals surface area contributed by atoms with Gasteiger partial charge in [-0.05, 0) is 36.8 Å². The fourth-order valence-corrected chi connectivity index (χ4v) is 2.50. The zero-order valence-corrected chi connectivity index (χ0v) is 13.3. The van der Waals surface area contributed by atoms with E-state index >= 15 is 0 Å². The molecule has 0 atom stereocenters. The zero-order valence-electron chi connectivity index (χ0n) is 11.7. The van der Waals surface area contributed by atoms with E-state index in [1.54, 1.807) is 18.2 Å². The van der Waals surface area contributed by atoms with Crippen LogP contribution in [0.1, 0.15) is 15.9 Å². The minimum Gasteiger partial charge on any atom is -0.397 e. The van der Waals surface area contributed by atoms with Crippen molar-refractivity contribution in [3.63, 3.8) is 0 Å². The molecule has 0 aromatic heterocycles. The number of nitrogens with zero attached hydrogens (tertiary/aromatic N) is 1. The van der Waals surface area contributed by atoms with Gasteiger partial charge in [0.15, 0.2) is 0 Å². The van der Waals surface area contributed by atoms with Crippen molar-refractivity contribution in [2.75, 3.05) is 23.8 Å². The molecule has 2 aromatic rings. The first-order valence-electron chi connectivity index (χ1n) is 6.58. The Morgan fingerprint density at radius 3 is 2.67 bits per heavy atom. The topological polar surface area (TPSA) is 66.6 Å². The summed E-state index contributed by atoms with van der Waals surface area (Å²) in [6.07, 6.45) is 0. The lowest BCUT2D eigenvalue weighted by molar-refractivity contribution is 0.0980. The molecule has 2 aromatic carbocycles. The minimum absolute atomic E-state index is 0.132. The van der Waals surface area contributed by atoms with Gasteiger partial charge in [-0.2, -0.15) is 0 Å². The molecular weight excluding hydrogens is 332 g/mol. The molecule has 0 fully saturated rings. The van der Waals surface area contributed by atoms with Crippen molar-refractivity contribution in [3.8, 4) is 0 Å². The molecule has 4 nitrogen and oxygen atoms in total. The Morgan fingerprint density at radius 2 is 2.00 bits per heavy atom. The molecule has 110 valence electrons. The third-order valence-electron chi connectivity index (χ3n) is 3.23. The van der Waals surface area contributed by atoms with Crippen LogP contribution < -0.4 is 10.6 Å². The number of nitrogen functional groups attached to an aromatic ring is 1. The summed E-state index contributed by atoms with van der Waals surface area (Å²) in [5.74, 6) is -0.180. The second-order valence-corrected chi connectivity index (χ2v) is 5.61. The van der Waals surface area contributed by atoms with Gasteiger partial charge in [-0.25, -0.2) is 0 Å². The number of aliphatic hydroxyl groups excluding tert-OH is 1. The van der Waals surface area contributed by atoms with Crippen LogP contribution in [-0.2, 0) is 0 Å². The number of amides is 1. The van der Waals surface area contributed by atoms with E-state index in [9.17, 15) is 9.90 Å². The number of nitrogens with two attached hydrogens (primary N) is 1. The van der Waals surface area contributed by atoms with Crippen LogP contribution in [0.15, 0.2) is 46.9 Å². The van der Waals surface area contributed by atoms with Gasteiger partial charge in [0.05, 0.1) is 18.0 Å². The maximum Gasteiger partial charge on any atom is 0.258 e. The van der Waals surface area contributed by atoms with Gasteiger partial charge in [-0.15, -0.1) is 0 Å². The third-order valence-corrected chi connectivity index (χ3v) is 3.72. The maximum absolute atomic E-state index is 12.8. The van der Waals surface area contributed by atoms with Crippen molar-refractivity contribution in [1.82, 2.24) is 0 Å². The molecule has 21 heavy (non-hydrogen) atoms. The second-order valence-electron chi connectivity index (χ2n) is 4.70. The van der Waals surface area contributed by atoms with Gasteiger partial charge in [-0.1, -0.05) is 34.1 Å². The lowest BCUT2D eigenvalue weighted by Gasteiger charge is -2.24. The van der Waals surface area contributed by atoms with Crippen LogP contribution in [-0.4, -0.2) is 24.2 Å². The highest BCUT2D eigenvalue weighted by molar-refractivity contribution is 9.10. The van der Waals surface area contributed by atoms with Gasteiger partial charge in [0.25, 0.3) is 5.91 Å². The predicted molar refractivity (Wildman–Crippen MR) is 88.5 cm³/mol. The first-order valence-corrected chi connectivity index (χ1v) is 7.37. The number of para-hydroxylation sites is 2. The normalized spacial score (nSPS) is 10.4. The molecular formula is C16H17BrN2O2. The summed E-state index contributed by atoms with van der Waals surface area (Å²) in [6, 6.07) is 12.7. The fourth-order valence-electron chi connectivity index (χ4n) is 2.13. The van der Waals surface area contributed by atoms with Gasteiger partial charge >= 0.3 is 0 Å². The smallest absolute Gasteiger partial charge is 0.258 e. The van der Waals surface area contributed by atoms with Gasteiger partial charge in [0.1, 0.15) is 0 Å². The van der Waals surface area contributed by atoms with E-state index in [1.807, 2.05) is 31.2 Å². The molecule has 0 saturated heterocycles. The van der Waals surface area contributed by atoms with Crippen molar-refractivity contribution in [3.05, 3.63) is 58.1 Å². The molecule has 0 bridgehead atoms. The number of benzene rings is 2. The standard InChI is InChI=1S/C16H17BrN2O2/c1-11-6-7-12(17)10-13(11)16(21)19(8-9-20)15-5-3-2-4-14(15)18/h2-7,10,20H,8-9,18H2,1H3.